The van der Waals surface area contributed by atoms with Gasteiger partial charge in [0.15, 0.2) is 20.5 Å². The first-order valence-electron chi connectivity index (χ1n) is 13.4. The Balaban J connectivity index is 1.27. The molecule has 5 aromatic heterocycles. The second-order valence-corrected chi connectivity index (χ2v) is 13.6. The molecule has 0 spiro atoms. The van der Waals surface area contributed by atoms with Crippen molar-refractivity contribution in [2.24, 2.45) is 0 Å². The highest BCUT2D eigenvalue weighted by Gasteiger charge is 2.46. The number of rotatable bonds is 6. The van der Waals surface area contributed by atoms with Gasteiger partial charge in [0, 0.05) is 41.6 Å². The average Bonchev–Trinajstić information content (AvgIpc) is 3.78. The predicted molar refractivity (Wildman–Crippen MR) is 155 cm³/mol. The van der Waals surface area contributed by atoms with Crippen LogP contribution in [0.3, 0.4) is 0 Å². The highest BCUT2D eigenvalue weighted by atomic mass is 32.2. The molecule has 0 aliphatic carbocycles. The number of amides is 1. The number of carbonyl (C=O) groups is 1. The maximum Gasteiger partial charge on any atom is 0.292 e. The van der Waals surface area contributed by atoms with Crippen LogP contribution in [0.25, 0.3) is 27.3 Å². The number of aromatic amines is 1. The lowest BCUT2D eigenvalue weighted by Crippen LogP contribution is -2.46. The van der Waals surface area contributed by atoms with E-state index in [0.29, 0.717) is 29.7 Å². The van der Waals surface area contributed by atoms with Crippen molar-refractivity contribution in [1.82, 2.24) is 39.7 Å². The van der Waals surface area contributed by atoms with Crippen molar-refractivity contribution >= 4 is 38.5 Å². The second-order valence-electron chi connectivity index (χ2n) is 10.6. The Morgan fingerprint density at radius 1 is 1.14 bits per heavy atom. The Hall–Kier alpha value is -4.37. The molecule has 2 aliphatic heterocycles. The zero-order chi connectivity index (χ0) is 29.2. The van der Waals surface area contributed by atoms with Crippen LogP contribution in [0, 0.1) is 0 Å². The first-order chi connectivity index (χ1) is 20.2. The lowest BCUT2D eigenvalue weighted by molar-refractivity contribution is 0.0556. The number of hydrogen-bond donors (Lipinski definition) is 2. The van der Waals surface area contributed by atoms with Gasteiger partial charge in [-0.3, -0.25) is 9.78 Å². The largest absolute Gasteiger partial charge is 0.487 e. The molecule has 7 rings (SSSR count). The number of fused-ring (bicyclic) bond motifs is 3. The van der Waals surface area contributed by atoms with E-state index in [0.717, 1.165) is 40.3 Å². The number of carbonyl (C=O) groups excluding carboxylic acids is 1. The number of ether oxygens (including phenoxy) is 1. The summed E-state index contributed by atoms with van der Waals surface area (Å²) in [5, 5.41) is 12.8. The summed E-state index contributed by atoms with van der Waals surface area (Å²) in [6.45, 7) is 0. The van der Waals surface area contributed by atoms with Crippen molar-refractivity contribution in [3.8, 4) is 26.8 Å². The third kappa shape index (κ3) is 4.30. The monoisotopic (exact) mass is 605 g/mol. The quantitative estimate of drug-likeness (QED) is 0.292. The fourth-order valence-electron chi connectivity index (χ4n) is 6.31. The Morgan fingerprint density at radius 2 is 1.93 bits per heavy atom. The van der Waals surface area contributed by atoms with Gasteiger partial charge in [-0.1, -0.05) is 17.4 Å². The molecule has 3 N–H and O–H groups in total. The van der Waals surface area contributed by atoms with Gasteiger partial charge in [0.05, 0.1) is 29.6 Å². The molecule has 5 aromatic rings. The van der Waals surface area contributed by atoms with E-state index < -0.39 is 9.84 Å². The summed E-state index contributed by atoms with van der Waals surface area (Å²) in [5.41, 5.74) is 9.65. The molecule has 15 heteroatoms. The van der Waals surface area contributed by atoms with E-state index >= 15 is 0 Å². The third-order valence-electron chi connectivity index (χ3n) is 8.12. The second kappa shape index (κ2) is 9.87. The standard InChI is InChI=1S/C27H27N9O4S2/c1-40-21-8-7-20(41-21)19-6-3-14(11-29-19)18-12-32-36-24(28)23(42(2,38)39)22(33-26(18)36)15-9-16-4-5-17(10-15)35(16)27(37)25-30-13-31-34-25/h3,6-8,11-13,15-17H,4-5,9-10,28H2,1-2H3,(H,30,31,34)/t15-,16+,17-. The fourth-order valence-corrected chi connectivity index (χ4v) is 8.17. The summed E-state index contributed by atoms with van der Waals surface area (Å²) in [5.74, 6) is -0.186. The van der Waals surface area contributed by atoms with Crippen LogP contribution in [-0.2, 0) is 9.84 Å². The van der Waals surface area contributed by atoms with Crippen LogP contribution in [0.4, 0.5) is 5.82 Å². The van der Waals surface area contributed by atoms with Crippen LogP contribution in [0.15, 0.2) is 47.9 Å². The SMILES string of the molecule is COc1ccc(-c2ccc(-c3cnn4c(N)c(S(C)(=O)=O)c([C@H]5C[C@H]6CC[C@@H](C5)N6C(=O)c5nnc[nH]5)nc34)cn2)s1. The molecule has 0 unspecified atom stereocenters. The molecule has 42 heavy (non-hydrogen) atoms. The molecule has 7 heterocycles. The van der Waals surface area contributed by atoms with E-state index in [1.54, 1.807) is 19.5 Å². The lowest BCUT2D eigenvalue weighted by Gasteiger charge is -2.38. The number of piperidine rings is 1. The third-order valence-corrected chi connectivity index (χ3v) is 10.3. The van der Waals surface area contributed by atoms with Gasteiger partial charge in [-0.15, -0.1) is 10.2 Å². The number of thiophene rings is 1. The Kier molecular flexibility index (Phi) is 6.23. The van der Waals surface area contributed by atoms with E-state index in [9.17, 15) is 13.2 Å². The van der Waals surface area contributed by atoms with Gasteiger partial charge >= 0.3 is 0 Å². The smallest absolute Gasteiger partial charge is 0.292 e. The molecule has 3 atom stereocenters. The maximum absolute atomic E-state index is 13.2. The number of H-pyrrole nitrogens is 1. The minimum Gasteiger partial charge on any atom is -0.487 e. The van der Waals surface area contributed by atoms with E-state index in [1.807, 2.05) is 29.2 Å². The number of nitrogens with one attached hydrogen (secondary N) is 1. The van der Waals surface area contributed by atoms with Crippen molar-refractivity contribution in [1.29, 1.82) is 0 Å². The highest BCUT2D eigenvalue weighted by molar-refractivity contribution is 7.91. The normalized spacial score (nSPS) is 20.3. The van der Waals surface area contributed by atoms with Gasteiger partial charge in [-0.05, 0) is 43.9 Å². The minimum atomic E-state index is -3.75. The van der Waals surface area contributed by atoms with Crippen LogP contribution >= 0.6 is 11.3 Å². The van der Waals surface area contributed by atoms with Gasteiger partial charge in [0.2, 0.25) is 5.82 Å². The van der Waals surface area contributed by atoms with Gasteiger partial charge < -0.3 is 20.4 Å². The molecular weight excluding hydrogens is 578 g/mol. The van der Waals surface area contributed by atoms with Crippen LogP contribution in [0.1, 0.15) is 47.9 Å². The number of sulfone groups is 1. The summed E-state index contributed by atoms with van der Waals surface area (Å²) in [6.07, 6.45) is 8.65. The van der Waals surface area contributed by atoms with Crippen molar-refractivity contribution in [2.75, 3.05) is 19.1 Å². The molecular formula is C27H27N9O4S2. The van der Waals surface area contributed by atoms with Gasteiger partial charge in [0.1, 0.15) is 17.0 Å². The van der Waals surface area contributed by atoms with E-state index in [2.05, 4.69) is 25.3 Å². The number of anilines is 1. The summed E-state index contributed by atoms with van der Waals surface area (Å²) in [6, 6.07) is 7.55. The van der Waals surface area contributed by atoms with Crippen LogP contribution < -0.4 is 10.5 Å². The first kappa shape index (κ1) is 26.5. The summed E-state index contributed by atoms with van der Waals surface area (Å²) in [4.78, 5) is 28.4. The molecule has 2 fully saturated rings. The summed E-state index contributed by atoms with van der Waals surface area (Å²) >= 11 is 1.50. The van der Waals surface area contributed by atoms with E-state index in [1.165, 1.54) is 22.2 Å². The van der Waals surface area contributed by atoms with Crippen LogP contribution in [0.5, 0.6) is 5.06 Å². The number of aromatic nitrogens is 7. The molecule has 2 saturated heterocycles. The maximum atomic E-state index is 13.2. The summed E-state index contributed by atoms with van der Waals surface area (Å²) in [7, 11) is -2.12. The Morgan fingerprint density at radius 3 is 2.55 bits per heavy atom. The van der Waals surface area contributed by atoms with Crippen molar-refractivity contribution < 1.29 is 17.9 Å². The number of hydrogen-bond acceptors (Lipinski definition) is 11. The topological polar surface area (TPSA) is 174 Å². The predicted octanol–water partition coefficient (Wildman–Crippen LogP) is 3.18. The number of nitrogens with two attached hydrogens (primary N) is 1. The molecule has 2 bridgehead atoms. The van der Waals surface area contributed by atoms with Gasteiger partial charge in [-0.2, -0.15) is 9.61 Å². The molecule has 216 valence electrons. The van der Waals surface area contributed by atoms with E-state index in [-0.39, 0.29) is 40.4 Å². The van der Waals surface area contributed by atoms with E-state index in [4.69, 9.17) is 15.5 Å². The molecule has 2 aliphatic rings. The molecule has 0 saturated carbocycles. The Bertz CT molecular complexity index is 1900. The minimum absolute atomic E-state index is 0.0100. The van der Waals surface area contributed by atoms with Crippen molar-refractivity contribution in [3.63, 3.8) is 0 Å². The Labute approximate surface area is 244 Å². The number of pyridine rings is 1. The molecule has 13 nitrogen and oxygen atoms in total. The van der Waals surface area contributed by atoms with Crippen molar-refractivity contribution in [2.45, 2.75) is 48.6 Å². The first-order valence-corrected chi connectivity index (χ1v) is 16.1. The number of methoxy groups -OCH3 is 1. The highest BCUT2D eigenvalue weighted by Crippen LogP contribution is 2.45. The number of nitrogen functional groups attached to an aromatic ring is 1. The average molecular weight is 606 g/mol. The van der Waals surface area contributed by atoms with Crippen molar-refractivity contribution in [3.05, 3.63) is 54.5 Å². The van der Waals surface area contributed by atoms with Gasteiger partial charge in [0.25, 0.3) is 5.91 Å². The molecule has 1 amide bonds. The lowest BCUT2D eigenvalue weighted by atomic mass is 9.87. The van der Waals surface area contributed by atoms with Crippen LogP contribution in [0.2, 0.25) is 0 Å². The summed E-state index contributed by atoms with van der Waals surface area (Å²) < 4.78 is 32.8. The molecule has 0 aromatic carbocycles. The number of nitrogens with zero attached hydrogens (tertiary/aromatic N) is 7. The van der Waals surface area contributed by atoms with Crippen LogP contribution in [-0.4, -0.2) is 79.4 Å². The fraction of sp³-hybridized carbons (Fsp3) is 0.333. The van der Waals surface area contributed by atoms with Gasteiger partial charge in [-0.25, -0.2) is 13.4 Å². The zero-order valence-corrected chi connectivity index (χ0v) is 24.4. The molecule has 0 radical (unpaired) electrons. The zero-order valence-electron chi connectivity index (χ0n) is 22.8.